The van der Waals surface area contributed by atoms with Crippen molar-refractivity contribution in [1.29, 1.82) is 0 Å². The molecule has 0 aromatic carbocycles. The summed E-state index contributed by atoms with van der Waals surface area (Å²) in [4.78, 5) is 11.5. The zero-order valence-electron chi connectivity index (χ0n) is 8.36. The molecule has 1 aliphatic rings. The quantitative estimate of drug-likeness (QED) is 0.724. The number of nitrogen functional groups attached to an aromatic ring is 1. The summed E-state index contributed by atoms with van der Waals surface area (Å²) in [5.74, 6) is 0.455. The zero-order valence-corrected chi connectivity index (χ0v) is 8.36. The number of aryl methyl sites for hydroxylation is 1. The Morgan fingerprint density at radius 2 is 2.14 bits per heavy atom. The fourth-order valence-electron chi connectivity index (χ4n) is 2.13. The molecule has 0 aliphatic heterocycles. The molecule has 1 aromatic rings. The van der Waals surface area contributed by atoms with Crippen LogP contribution in [0.5, 0.6) is 0 Å². The Morgan fingerprint density at radius 3 is 2.79 bits per heavy atom. The number of nitrogens with zero attached hydrogens (tertiary/aromatic N) is 2. The van der Waals surface area contributed by atoms with E-state index in [1.165, 1.54) is 17.5 Å². The van der Waals surface area contributed by atoms with Gasteiger partial charge in [0, 0.05) is 12.6 Å². The fourth-order valence-corrected chi connectivity index (χ4v) is 2.13. The van der Waals surface area contributed by atoms with Crippen LogP contribution >= 0.6 is 0 Å². The molecular weight excluding hydrogens is 178 g/mol. The van der Waals surface area contributed by atoms with Crippen LogP contribution in [-0.4, -0.2) is 9.78 Å². The molecular formula is C10H15N3O. The van der Waals surface area contributed by atoms with Crippen LogP contribution in [0.3, 0.4) is 0 Å². The summed E-state index contributed by atoms with van der Waals surface area (Å²) in [6, 6.07) is 0. The van der Waals surface area contributed by atoms with Crippen molar-refractivity contribution in [3.63, 3.8) is 0 Å². The van der Waals surface area contributed by atoms with Crippen LogP contribution in [0.2, 0.25) is 0 Å². The molecule has 1 fully saturated rings. The highest BCUT2D eigenvalue weighted by Gasteiger charge is 2.21. The molecule has 1 heterocycles. The molecule has 1 aliphatic carbocycles. The van der Waals surface area contributed by atoms with E-state index in [0.717, 1.165) is 18.4 Å². The Kier molecular flexibility index (Phi) is 2.27. The molecule has 0 spiro atoms. The van der Waals surface area contributed by atoms with E-state index < -0.39 is 0 Å². The zero-order chi connectivity index (χ0) is 10.1. The Balaban J connectivity index is 2.43. The maximum atomic E-state index is 11.5. The molecule has 1 aromatic heterocycles. The largest absolute Gasteiger partial charge is 0.394 e. The van der Waals surface area contributed by atoms with Gasteiger partial charge in [0.25, 0.3) is 5.56 Å². The molecule has 4 heteroatoms. The van der Waals surface area contributed by atoms with Crippen LogP contribution in [0.15, 0.2) is 11.0 Å². The molecule has 4 nitrogen and oxygen atoms in total. The van der Waals surface area contributed by atoms with Crippen LogP contribution in [0.25, 0.3) is 0 Å². The van der Waals surface area contributed by atoms with Crippen molar-refractivity contribution >= 4 is 5.69 Å². The van der Waals surface area contributed by atoms with Crippen LogP contribution in [0, 0.1) is 0 Å². The predicted octanol–water partition coefficient (Wildman–Crippen LogP) is 1.02. The molecule has 0 bridgehead atoms. The van der Waals surface area contributed by atoms with Gasteiger partial charge in [0.1, 0.15) is 5.69 Å². The van der Waals surface area contributed by atoms with E-state index in [9.17, 15) is 4.79 Å². The Bertz CT molecular complexity index is 391. The van der Waals surface area contributed by atoms with Crippen LogP contribution in [0.1, 0.15) is 37.2 Å². The fraction of sp³-hybridized carbons (Fsp3) is 0.600. The van der Waals surface area contributed by atoms with Crippen molar-refractivity contribution in [2.45, 2.75) is 31.6 Å². The van der Waals surface area contributed by atoms with Crippen molar-refractivity contribution < 1.29 is 0 Å². The predicted molar refractivity (Wildman–Crippen MR) is 55.1 cm³/mol. The van der Waals surface area contributed by atoms with E-state index in [1.807, 2.05) is 0 Å². The number of nitrogens with two attached hydrogens (primary N) is 1. The number of aromatic nitrogens is 2. The van der Waals surface area contributed by atoms with E-state index in [4.69, 9.17) is 5.73 Å². The van der Waals surface area contributed by atoms with Gasteiger partial charge >= 0.3 is 0 Å². The third-order valence-electron chi connectivity index (χ3n) is 3.00. The van der Waals surface area contributed by atoms with E-state index >= 15 is 0 Å². The number of hydrogen-bond acceptors (Lipinski definition) is 3. The van der Waals surface area contributed by atoms with E-state index in [1.54, 1.807) is 13.2 Å². The van der Waals surface area contributed by atoms with Gasteiger partial charge in [0.15, 0.2) is 0 Å². The normalized spacial score (nSPS) is 17.5. The van der Waals surface area contributed by atoms with Gasteiger partial charge in [-0.15, -0.1) is 0 Å². The standard InChI is InChI=1S/C10H15N3O/c1-13-10(14)9(11)8(6-12-13)7-4-2-3-5-7/h6-7H,2-5,11H2,1H3. The van der Waals surface area contributed by atoms with Crippen molar-refractivity contribution in [1.82, 2.24) is 9.78 Å². The van der Waals surface area contributed by atoms with E-state index in [-0.39, 0.29) is 5.56 Å². The second kappa shape index (κ2) is 3.44. The molecule has 0 unspecified atom stereocenters. The summed E-state index contributed by atoms with van der Waals surface area (Å²) in [7, 11) is 1.62. The van der Waals surface area contributed by atoms with Crippen molar-refractivity contribution in [2.75, 3.05) is 5.73 Å². The SMILES string of the molecule is Cn1ncc(C2CCCC2)c(N)c1=O. The topological polar surface area (TPSA) is 60.9 Å². The molecule has 0 saturated heterocycles. The molecule has 0 atom stereocenters. The molecule has 14 heavy (non-hydrogen) atoms. The van der Waals surface area contributed by atoms with Gasteiger partial charge in [-0.2, -0.15) is 5.10 Å². The first kappa shape index (κ1) is 9.24. The third-order valence-corrected chi connectivity index (χ3v) is 3.00. The Morgan fingerprint density at radius 1 is 1.50 bits per heavy atom. The van der Waals surface area contributed by atoms with Gasteiger partial charge in [0.05, 0.1) is 6.20 Å². The second-order valence-corrected chi connectivity index (χ2v) is 3.92. The molecule has 76 valence electrons. The van der Waals surface area contributed by atoms with Crippen molar-refractivity contribution in [3.8, 4) is 0 Å². The average Bonchev–Trinajstić information content (AvgIpc) is 2.67. The summed E-state index contributed by atoms with van der Waals surface area (Å²) in [6.45, 7) is 0. The van der Waals surface area contributed by atoms with Crippen LogP contribution in [0.4, 0.5) is 5.69 Å². The van der Waals surface area contributed by atoms with E-state index in [2.05, 4.69) is 5.10 Å². The maximum absolute atomic E-state index is 11.5. The lowest BCUT2D eigenvalue weighted by molar-refractivity contribution is 0.668. The monoisotopic (exact) mass is 193 g/mol. The Hall–Kier alpha value is -1.32. The lowest BCUT2D eigenvalue weighted by Crippen LogP contribution is -2.24. The molecule has 0 amide bonds. The summed E-state index contributed by atoms with van der Waals surface area (Å²) >= 11 is 0. The smallest absolute Gasteiger partial charge is 0.289 e. The van der Waals surface area contributed by atoms with Gasteiger partial charge in [0.2, 0.25) is 0 Å². The first-order chi connectivity index (χ1) is 6.70. The maximum Gasteiger partial charge on any atom is 0.289 e. The highest BCUT2D eigenvalue weighted by atomic mass is 16.1. The first-order valence-electron chi connectivity index (χ1n) is 5.02. The number of anilines is 1. The number of hydrogen-bond donors (Lipinski definition) is 1. The highest BCUT2D eigenvalue weighted by molar-refractivity contribution is 5.45. The first-order valence-corrected chi connectivity index (χ1v) is 5.02. The summed E-state index contributed by atoms with van der Waals surface area (Å²) in [5, 5.41) is 4.01. The van der Waals surface area contributed by atoms with Gasteiger partial charge in [-0.05, 0) is 18.8 Å². The minimum Gasteiger partial charge on any atom is -0.394 e. The van der Waals surface area contributed by atoms with Gasteiger partial charge in [-0.25, -0.2) is 4.68 Å². The van der Waals surface area contributed by atoms with Gasteiger partial charge < -0.3 is 5.73 Å². The minimum atomic E-state index is -0.172. The molecule has 2 rings (SSSR count). The van der Waals surface area contributed by atoms with Gasteiger partial charge in [-0.3, -0.25) is 4.79 Å². The minimum absolute atomic E-state index is 0.172. The Labute approximate surface area is 82.7 Å². The summed E-state index contributed by atoms with van der Waals surface area (Å²) < 4.78 is 1.29. The number of rotatable bonds is 1. The lowest BCUT2D eigenvalue weighted by Gasteiger charge is -2.11. The molecule has 2 N–H and O–H groups in total. The highest BCUT2D eigenvalue weighted by Crippen LogP contribution is 2.35. The van der Waals surface area contributed by atoms with Crippen molar-refractivity contribution in [3.05, 3.63) is 22.1 Å². The van der Waals surface area contributed by atoms with Crippen LogP contribution in [-0.2, 0) is 7.05 Å². The lowest BCUT2D eigenvalue weighted by atomic mass is 9.99. The second-order valence-electron chi connectivity index (χ2n) is 3.92. The average molecular weight is 193 g/mol. The van der Waals surface area contributed by atoms with E-state index in [0.29, 0.717) is 11.6 Å². The summed E-state index contributed by atoms with van der Waals surface area (Å²) in [5.41, 5.74) is 6.95. The van der Waals surface area contributed by atoms with Crippen LogP contribution < -0.4 is 11.3 Å². The molecule has 1 saturated carbocycles. The van der Waals surface area contributed by atoms with Crippen molar-refractivity contribution in [2.24, 2.45) is 7.05 Å². The third kappa shape index (κ3) is 1.41. The van der Waals surface area contributed by atoms with Gasteiger partial charge in [-0.1, -0.05) is 12.8 Å². The summed E-state index contributed by atoms with van der Waals surface area (Å²) in [6.07, 6.45) is 6.49. The molecule has 0 radical (unpaired) electrons.